The molecule has 0 atom stereocenters. The predicted molar refractivity (Wildman–Crippen MR) is 108 cm³/mol. The Labute approximate surface area is 164 Å². The summed E-state index contributed by atoms with van der Waals surface area (Å²) in [5.41, 5.74) is 3.30. The first-order valence-electron chi connectivity index (χ1n) is 9.50. The molecule has 1 aliphatic rings. The van der Waals surface area contributed by atoms with Crippen molar-refractivity contribution < 1.29 is 9.21 Å². The van der Waals surface area contributed by atoms with Crippen LogP contribution in [0.3, 0.4) is 0 Å². The zero-order valence-corrected chi connectivity index (χ0v) is 16.3. The van der Waals surface area contributed by atoms with Crippen molar-refractivity contribution in [3.05, 3.63) is 59.9 Å². The van der Waals surface area contributed by atoms with Crippen LogP contribution in [0.15, 0.2) is 53.1 Å². The molecule has 146 valence electrons. The number of amides is 2. The van der Waals surface area contributed by atoms with Crippen molar-refractivity contribution in [3.63, 3.8) is 0 Å². The van der Waals surface area contributed by atoms with Crippen LogP contribution in [0.4, 0.5) is 10.6 Å². The summed E-state index contributed by atoms with van der Waals surface area (Å²) >= 11 is 0. The Morgan fingerprint density at radius 3 is 2.68 bits per heavy atom. The highest BCUT2D eigenvalue weighted by molar-refractivity contribution is 5.89. The molecule has 0 saturated carbocycles. The monoisotopic (exact) mass is 379 g/mol. The van der Waals surface area contributed by atoms with Crippen LogP contribution < -0.4 is 5.32 Å². The van der Waals surface area contributed by atoms with E-state index in [-0.39, 0.29) is 6.03 Å². The van der Waals surface area contributed by atoms with Gasteiger partial charge in [0.1, 0.15) is 11.5 Å². The molecule has 1 N–H and O–H groups in total. The van der Waals surface area contributed by atoms with Gasteiger partial charge in [0.05, 0.1) is 6.26 Å². The molecule has 0 aliphatic carbocycles. The number of hydrogen-bond donors (Lipinski definition) is 1. The van der Waals surface area contributed by atoms with E-state index in [1.165, 1.54) is 11.1 Å². The maximum Gasteiger partial charge on any atom is 0.323 e. The molecule has 7 heteroatoms. The third kappa shape index (κ3) is 4.09. The second-order valence-corrected chi connectivity index (χ2v) is 7.20. The second kappa shape index (κ2) is 7.90. The van der Waals surface area contributed by atoms with Crippen molar-refractivity contribution in [3.8, 4) is 11.5 Å². The van der Waals surface area contributed by atoms with Crippen molar-refractivity contribution in [2.75, 3.05) is 31.5 Å². The lowest BCUT2D eigenvalue weighted by molar-refractivity contribution is 0.143. The number of nitrogens with zero attached hydrogens (tertiary/aromatic N) is 4. The summed E-state index contributed by atoms with van der Waals surface area (Å²) in [5.74, 6) is 1.33. The lowest BCUT2D eigenvalue weighted by atomic mass is 10.1. The minimum absolute atomic E-state index is 0.0933. The Morgan fingerprint density at radius 1 is 1.14 bits per heavy atom. The molecular weight excluding hydrogens is 354 g/mol. The summed E-state index contributed by atoms with van der Waals surface area (Å²) in [4.78, 5) is 16.9. The number of hydrogen-bond acceptors (Lipinski definition) is 4. The van der Waals surface area contributed by atoms with Gasteiger partial charge in [0.2, 0.25) is 0 Å². The van der Waals surface area contributed by atoms with Crippen molar-refractivity contribution in [1.82, 2.24) is 19.6 Å². The molecule has 2 aromatic heterocycles. The molecule has 3 heterocycles. The molecule has 7 nitrogen and oxygen atoms in total. The number of carbonyl (C=O) groups is 1. The molecule has 0 bridgehead atoms. The number of carbonyl (C=O) groups excluding carboxylic acids is 1. The Kier molecular flexibility index (Phi) is 5.16. The Balaban J connectivity index is 1.32. The molecule has 1 aliphatic heterocycles. The van der Waals surface area contributed by atoms with Gasteiger partial charge in [-0.1, -0.05) is 29.8 Å². The van der Waals surface area contributed by atoms with Gasteiger partial charge in [-0.25, -0.2) is 4.79 Å². The van der Waals surface area contributed by atoms with Crippen molar-refractivity contribution >= 4 is 11.8 Å². The highest BCUT2D eigenvalue weighted by atomic mass is 16.3. The fourth-order valence-corrected chi connectivity index (χ4v) is 3.50. The largest absolute Gasteiger partial charge is 0.463 e. The summed E-state index contributed by atoms with van der Waals surface area (Å²) in [7, 11) is 1.81. The van der Waals surface area contributed by atoms with Crippen molar-refractivity contribution in [2.24, 2.45) is 7.05 Å². The molecule has 1 saturated heterocycles. The summed E-state index contributed by atoms with van der Waals surface area (Å²) in [6, 6.07) is 14.0. The minimum atomic E-state index is -0.0933. The molecule has 1 aromatic carbocycles. The van der Waals surface area contributed by atoms with Crippen LogP contribution in [0.1, 0.15) is 11.1 Å². The number of piperazine rings is 1. The molecule has 0 radical (unpaired) electrons. The molecule has 4 rings (SSSR count). The first-order chi connectivity index (χ1) is 13.6. The van der Waals surface area contributed by atoms with Crippen LogP contribution in [0.5, 0.6) is 0 Å². The number of urea groups is 1. The standard InChI is InChI=1S/C21H25N5O2/c1-16-5-3-6-17(13-16)15-25-8-10-26(11-9-25)21(27)22-20-14-18(23-24(20)2)19-7-4-12-28-19/h3-7,12-14H,8-11,15H2,1-2H3,(H,22,27). The smallest absolute Gasteiger partial charge is 0.323 e. The molecule has 0 spiro atoms. The van der Waals surface area contributed by atoms with Crippen LogP contribution in [-0.2, 0) is 13.6 Å². The number of aromatic nitrogens is 2. The van der Waals surface area contributed by atoms with Crippen LogP contribution in [0.25, 0.3) is 11.5 Å². The molecule has 0 unspecified atom stereocenters. The first-order valence-corrected chi connectivity index (χ1v) is 9.50. The minimum Gasteiger partial charge on any atom is -0.463 e. The second-order valence-electron chi connectivity index (χ2n) is 7.20. The molecule has 2 amide bonds. The molecular formula is C21H25N5O2. The number of benzene rings is 1. The third-order valence-electron chi connectivity index (χ3n) is 5.04. The summed E-state index contributed by atoms with van der Waals surface area (Å²) in [5, 5.41) is 7.36. The first kappa shape index (κ1) is 18.3. The average molecular weight is 379 g/mol. The van der Waals surface area contributed by atoms with Gasteiger partial charge in [-0.3, -0.25) is 14.9 Å². The summed E-state index contributed by atoms with van der Waals surface area (Å²) < 4.78 is 7.03. The maximum atomic E-state index is 12.7. The van der Waals surface area contributed by atoms with Gasteiger partial charge in [0, 0.05) is 45.8 Å². The number of furan rings is 1. The summed E-state index contributed by atoms with van der Waals surface area (Å²) in [6.45, 7) is 6.18. The lowest BCUT2D eigenvalue weighted by Crippen LogP contribution is -2.49. The number of anilines is 1. The van der Waals surface area contributed by atoms with Gasteiger partial charge in [-0.15, -0.1) is 0 Å². The zero-order chi connectivity index (χ0) is 19.5. The topological polar surface area (TPSA) is 66.5 Å². The van der Waals surface area contributed by atoms with Gasteiger partial charge >= 0.3 is 6.03 Å². The van der Waals surface area contributed by atoms with Crippen molar-refractivity contribution in [1.29, 1.82) is 0 Å². The quantitative estimate of drug-likeness (QED) is 0.755. The van der Waals surface area contributed by atoms with E-state index < -0.39 is 0 Å². The van der Waals surface area contributed by atoms with E-state index in [9.17, 15) is 4.79 Å². The SMILES string of the molecule is Cc1cccc(CN2CCN(C(=O)Nc3cc(-c4ccco4)nn3C)CC2)c1. The molecule has 3 aromatic rings. The van der Waals surface area contributed by atoms with Crippen molar-refractivity contribution in [2.45, 2.75) is 13.5 Å². The summed E-state index contributed by atoms with van der Waals surface area (Å²) in [6.07, 6.45) is 1.61. The lowest BCUT2D eigenvalue weighted by Gasteiger charge is -2.34. The molecule has 28 heavy (non-hydrogen) atoms. The fraction of sp³-hybridized carbons (Fsp3) is 0.333. The van der Waals surface area contributed by atoms with Gasteiger partial charge in [-0.2, -0.15) is 5.10 Å². The van der Waals surface area contributed by atoms with E-state index in [0.29, 0.717) is 30.4 Å². The predicted octanol–water partition coefficient (Wildman–Crippen LogP) is 3.34. The average Bonchev–Trinajstić information content (AvgIpc) is 3.33. The highest BCUT2D eigenvalue weighted by Crippen LogP contribution is 2.22. The van der Waals surface area contributed by atoms with Crippen LogP contribution in [-0.4, -0.2) is 51.8 Å². The van der Waals surface area contributed by atoms with Gasteiger partial charge in [0.15, 0.2) is 5.76 Å². The maximum absolute atomic E-state index is 12.7. The van der Waals surface area contributed by atoms with Gasteiger partial charge in [0.25, 0.3) is 0 Å². The third-order valence-corrected chi connectivity index (χ3v) is 5.04. The number of aryl methyl sites for hydroxylation is 2. The van der Waals surface area contributed by atoms with E-state index in [2.05, 4.69) is 46.5 Å². The van der Waals surface area contributed by atoms with Gasteiger partial charge < -0.3 is 9.32 Å². The Hall–Kier alpha value is -3.06. The zero-order valence-electron chi connectivity index (χ0n) is 16.3. The number of nitrogens with one attached hydrogen (secondary N) is 1. The Bertz CT molecular complexity index is 940. The van der Waals surface area contributed by atoms with Crippen LogP contribution in [0.2, 0.25) is 0 Å². The van der Waals surface area contributed by atoms with Crippen LogP contribution >= 0.6 is 0 Å². The van der Waals surface area contributed by atoms with E-state index in [1.54, 1.807) is 10.9 Å². The fourth-order valence-electron chi connectivity index (χ4n) is 3.50. The van der Waals surface area contributed by atoms with E-state index >= 15 is 0 Å². The number of rotatable bonds is 4. The van der Waals surface area contributed by atoms with Gasteiger partial charge in [-0.05, 0) is 24.6 Å². The normalized spacial score (nSPS) is 15.0. The van der Waals surface area contributed by atoms with E-state index in [4.69, 9.17) is 4.42 Å². The van der Waals surface area contributed by atoms with E-state index in [0.717, 1.165) is 19.6 Å². The van der Waals surface area contributed by atoms with E-state index in [1.807, 2.05) is 30.1 Å². The van der Waals surface area contributed by atoms with Crippen LogP contribution in [0, 0.1) is 6.92 Å². The Morgan fingerprint density at radius 2 is 1.96 bits per heavy atom. The highest BCUT2D eigenvalue weighted by Gasteiger charge is 2.22. The molecule has 1 fully saturated rings.